The first kappa shape index (κ1) is 23.5. The van der Waals surface area contributed by atoms with Gasteiger partial charge < -0.3 is 9.80 Å². The molecule has 0 unspecified atom stereocenters. The van der Waals surface area contributed by atoms with Gasteiger partial charge in [-0.15, -0.1) is 0 Å². The molecule has 0 radical (unpaired) electrons. The fraction of sp³-hybridized carbons (Fsp3) is 0.269. The SMILES string of the molecule is O=C(c1ccccn1)N1CC(=O)N(Cc2cccc(C(F)(F)F)c2)[C@@H](CCc2ccccc2)C1. The average Bonchev–Trinajstić information content (AvgIpc) is 2.84. The minimum absolute atomic E-state index is 0.0494. The monoisotopic (exact) mass is 467 g/mol. The van der Waals surface area contributed by atoms with E-state index < -0.39 is 11.7 Å². The molecule has 1 saturated heterocycles. The van der Waals surface area contributed by atoms with E-state index in [9.17, 15) is 22.8 Å². The van der Waals surface area contributed by atoms with Gasteiger partial charge in [-0.05, 0) is 48.2 Å². The summed E-state index contributed by atoms with van der Waals surface area (Å²) >= 11 is 0. The van der Waals surface area contributed by atoms with E-state index in [1.165, 1.54) is 17.2 Å². The minimum atomic E-state index is -4.46. The number of carbonyl (C=O) groups excluding carboxylic acids is 2. The zero-order valence-electron chi connectivity index (χ0n) is 18.4. The van der Waals surface area contributed by atoms with E-state index in [0.717, 1.165) is 17.7 Å². The summed E-state index contributed by atoms with van der Waals surface area (Å²) in [7, 11) is 0. The van der Waals surface area contributed by atoms with Crippen molar-refractivity contribution in [2.75, 3.05) is 13.1 Å². The molecule has 0 aliphatic carbocycles. The third-order valence-electron chi connectivity index (χ3n) is 5.91. The fourth-order valence-corrected chi connectivity index (χ4v) is 4.17. The number of pyridine rings is 1. The van der Waals surface area contributed by atoms with Crippen molar-refractivity contribution in [3.05, 3.63) is 101 Å². The predicted octanol–water partition coefficient (Wildman–Crippen LogP) is 4.59. The molecule has 176 valence electrons. The van der Waals surface area contributed by atoms with Gasteiger partial charge in [-0.1, -0.05) is 48.5 Å². The molecule has 3 aromatic rings. The number of benzene rings is 2. The molecular weight excluding hydrogens is 443 g/mol. The van der Waals surface area contributed by atoms with Gasteiger partial charge in [0.1, 0.15) is 12.2 Å². The van der Waals surface area contributed by atoms with Crippen molar-refractivity contribution >= 4 is 11.8 Å². The highest BCUT2D eigenvalue weighted by molar-refractivity contribution is 5.95. The zero-order chi connectivity index (χ0) is 24.1. The first-order valence-electron chi connectivity index (χ1n) is 11.0. The van der Waals surface area contributed by atoms with Gasteiger partial charge in [0.25, 0.3) is 5.91 Å². The number of halogens is 3. The second kappa shape index (κ2) is 10.1. The molecule has 5 nitrogen and oxygen atoms in total. The summed E-state index contributed by atoms with van der Waals surface area (Å²) in [5.74, 6) is -0.636. The van der Waals surface area contributed by atoms with Crippen molar-refractivity contribution in [3.63, 3.8) is 0 Å². The Labute approximate surface area is 195 Å². The number of hydrogen-bond acceptors (Lipinski definition) is 3. The summed E-state index contributed by atoms with van der Waals surface area (Å²) in [4.78, 5) is 33.3. The normalized spacial score (nSPS) is 16.6. The number of aryl methyl sites for hydroxylation is 1. The lowest BCUT2D eigenvalue weighted by molar-refractivity contribution is -0.139. The highest BCUT2D eigenvalue weighted by Gasteiger charge is 2.36. The van der Waals surface area contributed by atoms with Crippen LogP contribution in [0.5, 0.6) is 0 Å². The van der Waals surface area contributed by atoms with Crippen LogP contribution in [0.4, 0.5) is 13.2 Å². The number of rotatable bonds is 6. The van der Waals surface area contributed by atoms with Gasteiger partial charge in [-0.25, -0.2) is 0 Å². The van der Waals surface area contributed by atoms with Gasteiger partial charge in [-0.3, -0.25) is 14.6 Å². The first-order chi connectivity index (χ1) is 16.3. The maximum atomic E-state index is 13.2. The van der Waals surface area contributed by atoms with Crippen molar-refractivity contribution in [2.24, 2.45) is 0 Å². The molecule has 1 fully saturated rings. The Bertz CT molecular complexity index is 1140. The number of hydrogen-bond donors (Lipinski definition) is 0. The molecule has 0 bridgehead atoms. The molecule has 0 saturated carbocycles. The number of aromatic nitrogens is 1. The highest BCUT2D eigenvalue weighted by atomic mass is 19.4. The summed E-state index contributed by atoms with van der Waals surface area (Å²) in [6, 6.07) is 19.4. The van der Waals surface area contributed by atoms with Crippen molar-refractivity contribution in [1.82, 2.24) is 14.8 Å². The van der Waals surface area contributed by atoms with E-state index in [2.05, 4.69) is 4.98 Å². The number of carbonyl (C=O) groups is 2. The largest absolute Gasteiger partial charge is 0.416 e. The third-order valence-corrected chi connectivity index (χ3v) is 5.91. The lowest BCUT2D eigenvalue weighted by atomic mass is 10.00. The summed E-state index contributed by atoms with van der Waals surface area (Å²) in [5.41, 5.74) is 0.991. The molecule has 2 heterocycles. The first-order valence-corrected chi connectivity index (χ1v) is 11.0. The number of piperazine rings is 1. The van der Waals surface area contributed by atoms with Crippen LogP contribution in [0, 0.1) is 0 Å². The van der Waals surface area contributed by atoms with Gasteiger partial charge in [0.05, 0.1) is 11.6 Å². The van der Waals surface area contributed by atoms with Crippen molar-refractivity contribution in [3.8, 4) is 0 Å². The summed E-state index contributed by atoms with van der Waals surface area (Å²) < 4.78 is 39.5. The lowest BCUT2D eigenvalue weighted by Gasteiger charge is -2.41. The smallest absolute Gasteiger partial charge is 0.332 e. The Hall–Kier alpha value is -3.68. The van der Waals surface area contributed by atoms with Crippen molar-refractivity contribution in [1.29, 1.82) is 0 Å². The number of nitrogens with zero attached hydrogens (tertiary/aromatic N) is 3. The Balaban J connectivity index is 1.56. The van der Waals surface area contributed by atoms with Crippen LogP contribution >= 0.6 is 0 Å². The molecule has 1 aliphatic rings. The molecule has 2 amide bonds. The number of amides is 2. The molecule has 34 heavy (non-hydrogen) atoms. The van der Waals surface area contributed by atoms with Crippen LogP contribution in [-0.4, -0.2) is 45.7 Å². The minimum Gasteiger partial charge on any atom is -0.332 e. The topological polar surface area (TPSA) is 53.5 Å². The van der Waals surface area contributed by atoms with E-state index in [1.54, 1.807) is 29.2 Å². The molecule has 0 N–H and O–H groups in total. The van der Waals surface area contributed by atoms with Gasteiger partial charge >= 0.3 is 6.18 Å². The van der Waals surface area contributed by atoms with Crippen molar-refractivity contribution in [2.45, 2.75) is 31.6 Å². The molecular formula is C26H24F3N3O2. The van der Waals surface area contributed by atoms with Crippen molar-refractivity contribution < 1.29 is 22.8 Å². The quantitative estimate of drug-likeness (QED) is 0.533. The van der Waals surface area contributed by atoms with Crippen LogP contribution in [0.25, 0.3) is 0 Å². The van der Waals surface area contributed by atoms with Crippen LogP contribution in [0.15, 0.2) is 79.0 Å². The van der Waals surface area contributed by atoms with Gasteiger partial charge in [0.2, 0.25) is 5.91 Å². The summed E-state index contributed by atoms with van der Waals surface area (Å²) in [6.07, 6.45) is -1.70. The maximum absolute atomic E-state index is 13.2. The second-order valence-corrected chi connectivity index (χ2v) is 8.30. The Kier molecular flexibility index (Phi) is 6.95. The maximum Gasteiger partial charge on any atom is 0.416 e. The summed E-state index contributed by atoms with van der Waals surface area (Å²) in [6.45, 7) is 0.191. The Morgan fingerprint density at radius 2 is 1.71 bits per heavy atom. The molecule has 8 heteroatoms. The average molecular weight is 467 g/mol. The molecule has 1 atom stereocenters. The van der Waals surface area contributed by atoms with Crippen LogP contribution in [0.1, 0.15) is 33.6 Å². The van der Waals surface area contributed by atoms with Crippen LogP contribution in [0.3, 0.4) is 0 Å². The van der Waals surface area contributed by atoms with E-state index >= 15 is 0 Å². The van der Waals surface area contributed by atoms with E-state index in [-0.39, 0.29) is 43.2 Å². The highest BCUT2D eigenvalue weighted by Crippen LogP contribution is 2.30. The number of alkyl halides is 3. The molecule has 1 aliphatic heterocycles. The van der Waals surface area contributed by atoms with E-state index in [0.29, 0.717) is 18.4 Å². The third kappa shape index (κ3) is 5.62. The van der Waals surface area contributed by atoms with Gasteiger partial charge in [0, 0.05) is 19.3 Å². The van der Waals surface area contributed by atoms with E-state index in [4.69, 9.17) is 0 Å². The van der Waals surface area contributed by atoms with Crippen LogP contribution < -0.4 is 0 Å². The second-order valence-electron chi connectivity index (χ2n) is 8.30. The summed E-state index contributed by atoms with van der Waals surface area (Å²) in [5, 5.41) is 0. The zero-order valence-corrected chi connectivity index (χ0v) is 18.4. The Morgan fingerprint density at radius 3 is 2.41 bits per heavy atom. The molecule has 1 aromatic heterocycles. The Morgan fingerprint density at radius 1 is 0.971 bits per heavy atom. The van der Waals surface area contributed by atoms with E-state index in [1.807, 2.05) is 30.3 Å². The fourth-order valence-electron chi connectivity index (χ4n) is 4.17. The van der Waals surface area contributed by atoms with Gasteiger partial charge in [-0.2, -0.15) is 13.2 Å². The molecule has 4 rings (SSSR count). The van der Waals surface area contributed by atoms with Crippen LogP contribution in [-0.2, 0) is 23.9 Å². The molecule has 2 aromatic carbocycles. The van der Waals surface area contributed by atoms with Crippen LogP contribution in [0.2, 0.25) is 0 Å². The van der Waals surface area contributed by atoms with Gasteiger partial charge in [0.15, 0.2) is 0 Å². The standard InChI is InChI=1S/C26H24F3N3O2/c27-26(28,29)21-10-6-9-20(15-21)16-32-22(13-12-19-7-2-1-3-8-19)17-31(18-24(32)33)25(34)23-11-4-5-14-30-23/h1-11,14-15,22H,12-13,16-18H2/t22-/m0/s1. The predicted molar refractivity (Wildman–Crippen MR) is 121 cm³/mol. The lowest BCUT2D eigenvalue weighted by Crippen LogP contribution is -2.57. The molecule has 0 spiro atoms.